The fourth-order valence-corrected chi connectivity index (χ4v) is 3.37. The highest BCUT2D eigenvalue weighted by atomic mass is 16.4. The SMILES string of the molecule is O=C(O)C(=O)O.c1ccc(CN2CCC3(CCNCC3)C2)cc1. The molecular formula is C17H24N2O4. The summed E-state index contributed by atoms with van der Waals surface area (Å²) >= 11 is 0. The number of nitrogens with zero attached hydrogens (tertiary/aromatic N) is 1. The van der Waals surface area contributed by atoms with Gasteiger partial charge >= 0.3 is 11.9 Å². The minimum atomic E-state index is -1.82. The largest absolute Gasteiger partial charge is 0.473 e. The van der Waals surface area contributed by atoms with Crippen molar-refractivity contribution in [2.24, 2.45) is 5.41 Å². The molecule has 1 spiro atoms. The van der Waals surface area contributed by atoms with Gasteiger partial charge in [0.1, 0.15) is 0 Å². The molecule has 3 N–H and O–H groups in total. The molecule has 0 aromatic heterocycles. The topological polar surface area (TPSA) is 89.9 Å². The number of aliphatic carboxylic acids is 2. The zero-order valence-corrected chi connectivity index (χ0v) is 13.2. The van der Waals surface area contributed by atoms with Crippen molar-refractivity contribution in [2.75, 3.05) is 26.2 Å². The van der Waals surface area contributed by atoms with E-state index in [1.165, 1.54) is 51.0 Å². The molecular weight excluding hydrogens is 296 g/mol. The van der Waals surface area contributed by atoms with Gasteiger partial charge in [-0.3, -0.25) is 4.90 Å². The Morgan fingerprint density at radius 3 is 2.22 bits per heavy atom. The highest BCUT2D eigenvalue weighted by Gasteiger charge is 2.38. The lowest BCUT2D eigenvalue weighted by molar-refractivity contribution is -0.159. The van der Waals surface area contributed by atoms with Crippen LogP contribution >= 0.6 is 0 Å². The summed E-state index contributed by atoms with van der Waals surface area (Å²) in [5.41, 5.74) is 2.10. The molecule has 1 aromatic carbocycles. The maximum atomic E-state index is 9.10. The summed E-state index contributed by atoms with van der Waals surface area (Å²) in [6.45, 7) is 6.17. The maximum absolute atomic E-state index is 9.10. The van der Waals surface area contributed by atoms with E-state index in [4.69, 9.17) is 19.8 Å². The van der Waals surface area contributed by atoms with Crippen LogP contribution in [0.15, 0.2) is 30.3 Å². The zero-order chi connectivity index (χ0) is 16.7. The van der Waals surface area contributed by atoms with Crippen molar-refractivity contribution in [2.45, 2.75) is 25.8 Å². The second-order valence-corrected chi connectivity index (χ2v) is 6.31. The van der Waals surface area contributed by atoms with Gasteiger partial charge in [-0.2, -0.15) is 0 Å². The predicted octanol–water partition coefficient (Wildman–Crippen LogP) is 1.42. The van der Waals surface area contributed by atoms with Gasteiger partial charge in [0.05, 0.1) is 0 Å². The van der Waals surface area contributed by atoms with E-state index in [9.17, 15) is 0 Å². The molecule has 6 heteroatoms. The average Bonchev–Trinajstić information content (AvgIpc) is 2.91. The molecule has 0 amide bonds. The van der Waals surface area contributed by atoms with E-state index in [1.807, 2.05) is 0 Å². The fourth-order valence-electron chi connectivity index (χ4n) is 3.37. The predicted molar refractivity (Wildman–Crippen MR) is 86.1 cm³/mol. The van der Waals surface area contributed by atoms with Gasteiger partial charge in [-0.15, -0.1) is 0 Å². The molecule has 2 aliphatic rings. The number of hydrogen-bond acceptors (Lipinski definition) is 4. The van der Waals surface area contributed by atoms with Gasteiger partial charge in [-0.25, -0.2) is 9.59 Å². The minimum absolute atomic E-state index is 0.639. The van der Waals surface area contributed by atoms with Crippen molar-refractivity contribution in [3.63, 3.8) is 0 Å². The minimum Gasteiger partial charge on any atom is -0.473 e. The van der Waals surface area contributed by atoms with Crippen LogP contribution in [0, 0.1) is 5.41 Å². The molecule has 23 heavy (non-hydrogen) atoms. The standard InChI is InChI=1S/C15H22N2.C2H2O4/c1-2-4-14(5-3-1)12-17-11-8-15(13-17)6-9-16-10-7-15;3-1(4)2(5)6/h1-5,16H,6-13H2;(H,3,4)(H,5,6). The number of carboxylic acid groups (broad SMARTS) is 2. The van der Waals surface area contributed by atoms with Crippen LogP contribution in [0.5, 0.6) is 0 Å². The number of carbonyl (C=O) groups is 2. The molecule has 0 unspecified atom stereocenters. The maximum Gasteiger partial charge on any atom is 0.414 e. The molecule has 0 atom stereocenters. The van der Waals surface area contributed by atoms with Gasteiger partial charge in [0, 0.05) is 13.1 Å². The van der Waals surface area contributed by atoms with Gasteiger partial charge in [0.2, 0.25) is 0 Å². The number of hydrogen-bond donors (Lipinski definition) is 3. The van der Waals surface area contributed by atoms with Crippen LogP contribution in [-0.2, 0) is 16.1 Å². The molecule has 126 valence electrons. The summed E-state index contributed by atoms with van der Waals surface area (Å²) in [5, 5.41) is 18.3. The van der Waals surface area contributed by atoms with Crippen LogP contribution in [0.25, 0.3) is 0 Å². The molecule has 1 aromatic rings. The van der Waals surface area contributed by atoms with Crippen molar-refractivity contribution in [3.8, 4) is 0 Å². The van der Waals surface area contributed by atoms with Crippen LogP contribution in [-0.4, -0.2) is 53.2 Å². The smallest absolute Gasteiger partial charge is 0.414 e. The lowest BCUT2D eigenvalue weighted by atomic mass is 9.78. The van der Waals surface area contributed by atoms with E-state index >= 15 is 0 Å². The number of piperidine rings is 1. The summed E-state index contributed by atoms with van der Waals surface area (Å²) in [6.07, 6.45) is 4.15. The van der Waals surface area contributed by atoms with Crippen LogP contribution in [0.4, 0.5) is 0 Å². The highest BCUT2D eigenvalue weighted by Crippen LogP contribution is 2.38. The third-order valence-electron chi connectivity index (χ3n) is 4.61. The Kier molecular flexibility index (Phi) is 6.12. The quantitative estimate of drug-likeness (QED) is 0.714. The Bertz CT molecular complexity index is 515. The number of likely N-dealkylation sites (tertiary alicyclic amines) is 1. The summed E-state index contributed by atoms with van der Waals surface area (Å²) in [4.78, 5) is 20.8. The molecule has 2 saturated heterocycles. The second-order valence-electron chi connectivity index (χ2n) is 6.31. The Labute approximate surface area is 136 Å². The van der Waals surface area contributed by atoms with Crippen molar-refractivity contribution >= 4 is 11.9 Å². The first kappa shape index (κ1) is 17.4. The third kappa shape index (κ3) is 5.33. The monoisotopic (exact) mass is 320 g/mol. The lowest BCUT2D eigenvalue weighted by Crippen LogP contribution is -2.38. The van der Waals surface area contributed by atoms with Crippen molar-refractivity contribution < 1.29 is 19.8 Å². The molecule has 6 nitrogen and oxygen atoms in total. The number of rotatable bonds is 2. The van der Waals surface area contributed by atoms with Crippen LogP contribution in [0.2, 0.25) is 0 Å². The van der Waals surface area contributed by atoms with E-state index in [1.54, 1.807) is 0 Å². The highest BCUT2D eigenvalue weighted by molar-refractivity contribution is 6.27. The molecule has 2 heterocycles. The van der Waals surface area contributed by atoms with Crippen LogP contribution in [0.3, 0.4) is 0 Å². The molecule has 2 aliphatic heterocycles. The summed E-state index contributed by atoms with van der Waals surface area (Å²) < 4.78 is 0. The third-order valence-corrected chi connectivity index (χ3v) is 4.61. The summed E-state index contributed by atoms with van der Waals surface area (Å²) in [7, 11) is 0. The first-order valence-corrected chi connectivity index (χ1v) is 7.94. The zero-order valence-electron chi connectivity index (χ0n) is 13.2. The summed E-state index contributed by atoms with van der Waals surface area (Å²) in [6, 6.07) is 10.9. The van der Waals surface area contributed by atoms with Gasteiger partial charge in [-0.05, 0) is 49.9 Å². The number of nitrogens with one attached hydrogen (secondary N) is 1. The van der Waals surface area contributed by atoms with Crippen molar-refractivity contribution in [1.82, 2.24) is 10.2 Å². The number of benzene rings is 1. The molecule has 0 aliphatic carbocycles. The Morgan fingerprint density at radius 2 is 1.65 bits per heavy atom. The summed E-state index contributed by atoms with van der Waals surface area (Å²) in [5.74, 6) is -3.65. The molecule has 0 radical (unpaired) electrons. The van der Waals surface area contributed by atoms with E-state index in [2.05, 4.69) is 40.5 Å². The first-order chi connectivity index (χ1) is 11.0. The molecule has 0 bridgehead atoms. The van der Waals surface area contributed by atoms with Crippen molar-refractivity contribution in [1.29, 1.82) is 0 Å². The van der Waals surface area contributed by atoms with Gasteiger partial charge in [0.15, 0.2) is 0 Å². The Hall–Kier alpha value is -1.92. The Balaban J connectivity index is 0.000000277. The number of carboxylic acids is 2. The van der Waals surface area contributed by atoms with Gasteiger partial charge < -0.3 is 15.5 Å². The second kappa shape index (κ2) is 8.08. The van der Waals surface area contributed by atoms with Gasteiger partial charge in [-0.1, -0.05) is 30.3 Å². The molecule has 0 saturated carbocycles. The van der Waals surface area contributed by atoms with E-state index in [0.29, 0.717) is 5.41 Å². The first-order valence-electron chi connectivity index (χ1n) is 7.94. The average molecular weight is 320 g/mol. The van der Waals surface area contributed by atoms with E-state index in [0.717, 1.165) is 6.54 Å². The van der Waals surface area contributed by atoms with Crippen molar-refractivity contribution in [3.05, 3.63) is 35.9 Å². The molecule has 2 fully saturated rings. The lowest BCUT2D eigenvalue weighted by Gasteiger charge is -2.33. The van der Waals surface area contributed by atoms with Crippen LogP contribution < -0.4 is 5.32 Å². The fraction of sp³-hybridized carbons (Fsp3) is 0.529. The van der Waals surface area contributed by atoms with E-state index in [-0.39, 0.29) is 0 Å². The molecule has 3 rings (SSSR count). The van der Waals surface area contributed by atoms with Gasteiger partial charge in [0.25, 0.3) is 0 Å². The normalized spacial score (nSPS) is 19.8. The van der Waals surface area contributed by atoms with Crippen LogP contribution in [0.1, 0.15) is 24.8 Å². The van der Waals surface area contributed by atoms with E-state index < -0.39 is 11.9 Å². The Morgan fingerprint density at radius 1 is 1.04 bits per heavy atom.